The van der Waals surface area contributed by atoms with E-state index in [0.29, 0.717) is 13.2 Å². The fourth-order valence-electron chi connectivity index (χ4n) is 1.56. The fourth-order valence-corrected chi connectivity index (χ4v) is 2.41. The van der Waals surface area contributed by atoms with Gasteiger partial charge in [0.25, 0.3) is 0 Å². The fraction of sp³-hybridized carbons (Fsp3) is 0.538. The molecule has 0 aromatic heterocycles. The number of halogens is 1. The Morgan fingerprint density at radius 1 is 1.33 bits per heavy atom. The molecule has 5 heteroatoms. The van der Waals surface area contributed by atoms with Gasteiger partial charge in [-0.25, -0.2) is 0 Å². The van der Waals surface area contributed by atoms with Gasteiger partial charge in [-0.2, -0.15) is 11.8 Å². The normalized spacial score (nSPS) is 10.4. The minimum absolute atomic E-state index is 0.633. The maximum absolute atomic E-state index is 5.78. The zero-order valence-corrected chi connectivity index (χ0v) is 13.5. The van der Waals surface area contributed by atoms with Crippen molar-refractivity contribution in [2.75, 3.05) is 32.3 Å². The average molecular weight is 334 g/mol. The molecule has 102 valence electrons. The Morgan fingerprint density at radius 3 is 2.72 bits per heavy atom. The second-order valence-corrected chi connectivity index (χ2v) is 5.55. The van der Waals surface area contributed by atoms with Gasteiger partial charge in [-0.3, -0.25) is 0 Å². The smallest absolute Gasteiger partial charge is 0.175 e. The number of benzene rings is 1. The highest BCUT2D eigenvalue weighted by atomic mass is 79.9. The van der Waals surface area contributed by atoms with Gasteiger partial charge in [-0.1, -0.05) is 0 Å². The Labute approximate surface area is 122 Å². The molecule has 0 aliphatic heterocycles. The largest absolute Gasteiger partial charge is 0.490 e. The van der Waals surface area contributed by atoms with E-state index >= 15 is 0 Å². The van der Waals surface area contributed by atoms with Gasteiger partial charge in [0.15, 0.2) is 11.5 Å². The van der Waals surface area contributed by atoms with E-state index in [1.807, 2.05) is 20.0 Å². The van der Waals surface area contributed by atoms with E-state index in [0.717, 1.165) is 28.3 Å². The van der Waals surface area contributed by atoms with Gasteiger partial charge in [-0.15, -0.1) is 0 Å². The number of thioether (sulfide) groups is 1. The van der Waals surface area contributed by atoms with Crippen LogP contribution in [0.15, 0.2) is 16.6 Å². The molecule has 0 bridgehead atoms. The number of nitrogens with one attached hydrogen (secondary N) is 1. The van der Waals surface area contributed by atoms with E-state index in [9.17, 15) is 0 Å². The van der Waals surface area contributed by atoms with Crippen molar-refractivity contribution in [1.29, 1.82) is 0 Å². The third-order valence-corrected chi connectivity index (χ3v) is 3.45. The third kappa shape index (κ3) is 4.71. The van der Waals surface area contributed by atoms with Crippen LogP contribution in [0.2, 0.25) is 0 Å². The van der Waals surface area contributed by atoms with Crippen LogP contribution in [-0.2, 0) is 6.54 Å². The quantitative estimate of drug-likeness (QED) is 0.739. The highest BCUT2D eigenvalue weighted by Gasteiger charge is 2.11. The first-order valence-corrected chi connectivity index (χ1v) is 8.13. The SMILES string of the molecule is CCOc1cc(CNC)cc(Br)c1OCCSC. The van der Waals surface area contributed by atoms with Crippen molar-refractivity contribution in [3.8, 4) is 11.5 Å². The minimum Gasteiger partial charge on any atom is -0.490 e. The van der Waals surface area contributed by atoms with Crippen LogP contribution in [0.4, 0.5) is 0 Å². The van der Waals surface area contributed by atoms with E-state index in [1.54, 1.807) is 11.8 Å². The molecular formula is C13H20BrNO2S. The van der Waals surface area contributed by atoms with Gasteiger partial charge < -0.3 is 14.8 Å². The predicted molar refractivity (Wildman–Crippen MR) is 82.0 cm³/mol. The van der Waals surface area contributed by atoms with E-state index in [2.05, 4.69) is 33.6 Å². The summed E-state index contributed by atoms with van der Waals surface area (Å²) in [6, 6.07) is 4.09. The Hall–Kier alpha value is -0.390. The van der Waals surface area contributed by atoms with Crippen molar-refractivity contribution < 1.29 is 9.47 Å². The molecule has 0 aliphatic rings. The number of ether oxygens (including phenoxy) is 2. The minimum atomic E-state index is 0.633. The maximum Gasteiger partial charge on any atom is 0.175 e. The van der Waals surface area contributed by atoms with Crippen molar-refractivity contribution >= 4 is 27.7 Å². The lowest BCUT2D eigenvalue weighted by Gasteiger charge is -2.15. The average Bonchev–Trinajstić information content (AvgIpc) is 2.33. The summed E-state index contributed by atoms with van der Waals surface area (Å²) in [5.74, 6) is 2.57. The van der Waals surface area contributed by atoms with Crippen molar-refractivity contribution in [2.45, 2.75) is 13.5 Å². The summed E-state index contributed by atoms with van der Waals surface area (Å²) >= 11 is 5.32. The van der Waals surface area contributed by atoms with Gasteiger partial charge >= 0.3 is 0 Å². The monoisotopic (exact) mass is 333 g/mol. The standard InChI is InChI=1S/C13H20BrNO2S/c1-4-16-12-8-10(9-15-2)7-11(14)13(12)17-5-6-18-3/h7-8,15H,4-6,9H2,1-3H3. The highest BCUT2D eigenvalue weighted by molar-refractivity contribution is 9.10. The van der Waals surface area contributed by atoms with Crippen molar-refractivity contribution in [3.63, 3.8) is 0 Å². The molecular weight excluding hydrogens is 314 g/mol. The summed E-state index contributed by atoms with van der Waals surface area (Å²) in [5.41, 5.74) is 1.17. The summed E-state index contributed by atoms with van der Waals surface area (Å²) in [7, 11) is 1.93. The number of hydrogen-bond acceptors (Lipinski definition) is 4. The van der Waals surface area contributed by atoms with E-state index < -0.39 is 0 Å². The summed E-state index contributed by atoms with van der Waals surface area (Å²) in [6.07, 6.45) is 2.07. The van der Waals surface area contributed by atoms with Crippen LogP contribution in [0.1, 0.15) is 12.5 Å². The molecule has 0 radical (unpaired) electrons. The first-order valence-electron chi connectivity index (χ1n) is 5.94. The first-order chi connectivity index (χ1) is 8.72. The van der Waals surface area contributed by atoms with Gasteiger partial charge in [0, 0.05) is 12.3 Å². The van der Waals surface area contributed by atoms with Gasteiger partial charge in [0.1, 0.15) is 0 Å². The van der Waals surface area contributed by atoms with Crippen LogP contribution in [0, 0.1) is 0 Å². The maximum atomic E-state index is 5.78. The molecule has 1 N–H and O–H groups in total. The van der Waals surface area contributed by atoms with Gasteiger partial charge in [0.05, 0.1) is 17.7 Å². The van der Waals surface area contributed by atoms with E-state index in [-0.39, 0.29) is 0 Å². The van der Waals surface area contributed by atoms with Crippen molar-refractivity contribution in [3.05, 3.63) is 22.2 Å². The van der Waals surface area contributed by atoms with Crippen molar-refractivity contribution in [2.24, 2.45) is 0 Å². The molecule has 1 rings (SSSR count). The Balaban J connectivity index is 2.90. The van der Waals surface area contributed by atoms with E-state index in [4.69, 9.17) is 9.47 Å². The number of hydrogen-bond donors (Lipinski definition) is 1. The molecule has 18 heavy (non-hydrogen) atoms. The molecule has 3 nitrogen and oxygen atoms in total. The van der Waals surface area contributed by atoms with Crippen LogP contribution in [0.25, 0.3) is 0 Å². The molecule has 0 saturated heterocycles. The predicted octanol–water partition coefficient (Wildman–Crippen LogP) is 3.31. The molecule has 0 spiro atoms. The van der Waals surface area contributed by atoms with Crippen molar-refractivity contribution in [1.82, 2.24) is 5.32 Å². The summed E-state index contributed by atoms with van der Waals surface area (Å²) in [6.45, 7) is 4.10. The van der Waals surface area contributed by atoms with Crippen LogP contribution < -0.4 is 14.8 Å². The molecule has 0 aliphatic carbocycles. The van der Waals surface area contributed by atoms with Crippen LogP contribution in [0.5, 0.6) is 11.5 Å². The topological polar surface area (TPSA) is 30.5 Å². The second-order valence-electron chi connectivity index (χ2n) is 3.71. The molecule has 0 fully saturated rings. The summed E-state index contributed by atoms with van der Waals surface area (Å²) in [4.78, 5) is 0. The van der Waals surface area contributed by atoms with Crippen LogP contribution >= 0.6 is 27.7 Å². The first kappa shape index (κ1) is 15.7. The molecule has 1 aromatic rings. The zero-order valence-electron chi connectivity index (χ0n) is 11.1. The molecule has 0 heterocycles. The highest BCUT2D eigenvalue weighted by Crippen LogP contribution is 2.37. The number of rotatable bonds is 8. The Morgan fingerprint density at radius 2 is 2.11 bits per heavy atom. The lowest BCUT2D eigenvalue weighted by Crippen LogP contribution is -2.07. The van der Waals surface area contributed by atoms with Crippen LogP contribution in [-0.4, -0.2) is 32.3 Å². The molecule has 1 aromatic carbocycles. The molecule has 0 atom stereocenters. The van der Waals surface area contributed by atoms with Gasteiger partial charge in [-0.05, 0) is 53.9 Å². The summed E-state index contributed by atoms with van der Waals surface area (Å²) in [5, 5.41) is 3.13. The molecule has 0 unspecified atom stereocenters. The third-order valence-electron chi connectivity index (χ3n) is 2.28. The summed E-state index contributed by atoms with van der Waals surface area (Å²) < 4.78 is 12.4. The Bertz CT molecular complexity index is 374. The lowest BCUT2D eigenvalue weighted by molar-refractivity contribution is 0.287. The molecule has 0 amide bonds. The zero-order chi connectivity index (χ0) is 13.4. The van der Waals surface area contributed by atoms with Gasteiger partial charge in [0.2, 0.25) is 0 Å². The molecule has 0 saturated carbocycles. The second kappa shape index (κ2) is 8.67. The van der Waals surface area contributed by atoms with E-state index in [1.165, 1.54) is 5.56 Å². The van der Waals surface area contributed by atoms with Crippen LogP contribution in [0.3, 0.4) is 0 Å². The lowest BCUT2D eigenvalue weighted by atomic mass is 10.2. The Kier molecular flexibility index (Phi) is 7.54.